The second-order valence-corrected chi connectivity index (χ2v) is 7.71. The maximum absolute atomic E-state index is 13.3. The number of ketones is 1. The first-order valence-corrected chi connectivity index (χ1v) is 10.0. The van der Waals surface area contributed by atoms with Gasteiger partial charge in [0, 0.05) is 35.8 Å². The first-order chi connectivity index (χ1) is 15.0. The van der Waals surface area contributed by atoms with Gasteiger partial charge >= 0.3 is 0 Å². The molecule has 0 fully saturated rings. The zero-order chi connectivity index (χ0) is 21.5. The number of benzene rings is 1. The van der Waals surface area contributed by atoms with E-state index in [2.05, 4.69) is 20.4 Å². The summed E-state index contributed by atoms with van der Waals surface area (Å²) in [5.41, 5.74) is 3.49. The summed E-state index contributed by atoms with van der Waals surface area (Å²) in [6.45, 7) is 3.78. The summed E-state index contributed by atoms with van der Waals surface area (Å²) in [5.74, 6) is 1.12. The van der Waals surface area contributed by atoms with Crippen LogP contribution in [0.3, 0.4) is 0 Å². The fourth-order valence-corrected chi connectivity index (χ4v) is 4.02. The molecule has 0 saturated heterocycles. The van der Waals surface area contributed by atoms with Crippen molar-refractivity contribution < 1.29 is 13.6 Å². The molecule has 0 aliphatic heterocycles. The fourth-order valence-electron chi connectivity index (χ4n) is 4.02. The number of aromatic nitrogens is 4. The second-order valence-electron chi connectivity index (χ2n) is 7.71. The van der Waals surface area contributed by atoms with Crippen molar-refractivity contribution in [2.75, 3.05) is 5.32 Å². The summed E-state index contributed by atoms with van der Waals surface area (Å²) in [4.78, 5) is 22.3. The molecule has 3 heterocycles. The normalized spacial score (nSPS) is 15.7. The quantitative estimate of drug-likeness (QED) is 0.519. The molecule has 0 saturated carbocycles. The van der Waals surface area contributed by atoms with E-state index in [4.69, 9.17) is 4.42 Å². The van der Waals surface area contributed by atoms with Crippen LogP contribution in [-0.4, -0.2) is 25.5 Å². The van der Waals surface area contributed by atoms with Gasteiger partial charge in [-0.3, -0.25) is 4.79 Å². The third-order valence-corrected chi connectivity index (χ3v) is 5.34. The monoisotopic (exact) mass is 417 g/mol. The maximum Gasteiger partial charge on any atom is 0.251 e. The number of carbonyl (C=O) groups is 1. The van der Waals surface area contributed by atoms with E-state index >= 15 is 0 Å². The van der Waals surface area contributed by atoms with Gasteiger partial charge in [-0.1, -0.05) is 0 Å². The molecule has 7 nitrogen and oxygen atoms in total. The van der Waals surface area contributed by atoms with Crippen molar-refractivity contribution >= 4 is 17.3 Å². The largest absolute Gasteiger partial charge is 0.469 e. The number of fused-ring (bicyclic) bond motifs is 1. The van der Waals surface area contributed by atoms with Crippen LogP contribution in [0.25, 0.3) is 5.95 Å². The van der Waals surface area contributed by atoms with Gasteiger partial charge in [0.05, 0.1) is 17.5 Å². The summed E-state index contributed by atoms with van der Waals surface area (Å²) in [7, 11) is 0. The van der Waals surface area contributed by atoms with Gasteiger partial charge in [-0.25, -0.2) is 19.0 Å². The van der Waals surface area contributed by atoms with Crippen LogP contribution in [0.1, 0.15) is 45.5 Å². The lowest BCUT2D eigenvalue weighted by Gasteiger charge is -2.21. The number of anilines is 2. The van der Waals surface area contributed by atoms with E-state index in [0.717, 1.165) is 22.8 Å². The van der Waals surface area contributed by atoms with E-state index in [1.807, 2.05) is 32.0 Å². The van der Waals surface area contributed by atoms with Gasteiger partial charge < -0.3 is 9.73 Å². The van der Waals surface area contributed by atoms with E-state index in [1.54, 1.807) is 23.1 Å². The van der Waals surface area contributed by atoms with Crippen LogP contribution in [-0.2, 0) is 6.42 Å². The molecule has 1 aromatic carbocycles. The summed E-state index contributed by atoms with van der Waals surface area (Å²) in [6.07, 6.45) is 2.49. The van der Waals surface area contributed by atoms with E-state index in [0.29, 0.717) is 35.9 Å². The molecule has 0 amide bonds. The van der Waals surface area contributed by atoms with Crippen molar-refractivity contribution in [1.82, 2.24) is 19.7 Å². The predicted molar refractivity (Wildman–Crippen MR) is 112 cm³/mol. The number of furan rings is 1. The van der Waals surface area contributed by atoms with Crippen molar-refractivity contribution in [3.8, 4) is 5.95 Å². The Labute approximate surface area is 178 Å². The number of rotatable bonds is 4. The summed E-state index contributed by atoms with van der Waals surface area (Å²) >= 11 is 0. The Morgan fingerprint density at radius 3 is 2.52 bits per heavy atom. The van der Waals surface area contributed by atoms with Crippen molar-refractivity contribution in [1.29, 1.82) is 0 Å². The van der Waals surface area contributed by atoms with Crippen LogP contribution < -0.4 is 5.32 Å². The van der Waals surface area contributed by atoms with Gasteiger partial charge in [-0.05, 0) is 56.3 Å². The Morgan fingerprint density at radius 1 is 1.10 bits per heavy atom. The first-order valence-electron chi connectivity index (χ1n) is 10.0. The molecule has 1 atom stereocenters. The number of Topliss-reactive ketones (excluding diaryl/α,β-unsaturated/α-hetero) is 1. The molecule has 0 radical (unpaired) electrons. The van der Waals surface area contributed by atoms with Crippen molar-refractivity contribution in [3.63, 3.8) is 0 Å². The van der Waals surface area contributed by atoms with Gasteiger partial charge in [0.15, 0.2) is 11.6 Å². The molecule has 1 N–H and O–H groups in total. The maximum atomic E-state index is 13.3. The zero-order valence-electron chi connectivity index (χ0n) is 17.1. The van der Waals surface area contributed by atoms with E-state index in [9.17, 15) is 9.18 Å². The number of hydrogen-bond acceptors (Lipinski definition) is 6. The average molecular weight is 417 g/mol. The van der Waals surface area contributed by atoms with Crippen LogP contribution in [0.4, 0.5) is 15.9 Å². The molecule has 1 unspecified atom stereocenters. The standard InChI is InChI=1S/C23H20FN5O2/c1-13-10-14(2)26-23(25-13)29-18-11-15(20-4-3-9-31-20)12-19(30)21(18)22(28-29)27-17-7-5-16(24)6-8-17/h3-10,15H,11-12H2,1-2H3,(H,27,28). The molecule has 1 aliphatic carbocycles. The second kappa shape index (κ2) is 7.46. The van der Waals surface area contributed by atoms with Gasteiger partial charge in [0.2, 0.25) is 0 Å². The SMILES string of the molecule is Cc1cc(C)nc(-n2nc(Nc3ccc(F)cc3)c3c2CC(c2ccco2)CC3=O)n1. The Bertz CT molecular complexity index is 1240. The van der Waals surface area contributed by atoms with Crippen molar-refractivity contribution in [3.05, 3.63) is 83.0 Å². The van der Waals surface area contributed by atoms with Gasteiger partial charge in [-0.15, -0.1) is 5.10 Å². The highest BCUT2D eigenvalue weighted by Gasteiger charge is 2.35. The van der Waals surface area contributed by atoms with Gasteiger partial charge in [-0.2, -0.15) is 0 Å². The Balaban J connectivity index is 1.63. The number of halogens is 1. The van der Waals surface area contributed by atoms with E-state index < -0.39 is 0 Å². The molecule has 156 valence electrons. The number of aryl methyl sites for hydroxylation is 2. The molecular formula is C23H20FN5O2. The predicted octanol–water partition coefficient (Wildman–Crippen LogP) is 4.67. The minimum atomic E-state index is -0.334. The van der Waals surface area contributed by atoms with E-state index in [1.165, 1.54) is 12.1 Å². The Kier molecular flexibility index (Phi) is 4.62. The Hall–Kier alpha value is -3.81. The lowest BCUT2D eigenvalue weighted by molar-refractivity contribution is 0.0960. The molecule has 0 bridgehead atoms. The fraction of sp³-hybridized carbons (Fsp3) is 0.217. The first kappa shape index (κ1) is 19.2. The molecule has 0 spiro atoms. The average Bonchev–Trinajstić information content (AvgIpc) is 3.38. The molecule has 1 aliphatic rings. The number of carbonyl (C=O) groups excluding carboxylic acids is 1. The molecule has 5 rings (SSSR count). The molecule has 4 aromatic rings. The smallest absolute Gasteiger partial charge is 0.251 e. The van der Waals surface area contributed by atoms with Crippen LogP contribution in [0.5, 0.6) is 0 Å². The van der Waals surface area contributed by atoms with Crippen LogP contribution in [0.2, 0.25) is 0 Å². The van der Waals surface area contributed by atoms with Crippen molar-refractivity contribution in [2.45, 2.75) is 32.6 Å². The highest BCUT2D eigenvalue weighted by molar-refractivity contribution is 6.03. The van der Waals surface area contributed by atoms with E-state index in [-0.39, 0.29) is 17.5 Å². The molecule has 8 heteroatoms. The minimum absolute atomic E-state index is 0.0390. The van der Waals surface area contributed by atoms with Crippen LogP contribution in [0, 0.1) is 19.7 Å². The number of nitrogens with one attached hydrogen (secondary N) is 1. The molecule has 3 aromatic heterocycles. The van der Waals surface area contributed by atoms with Gasteiger partial charge in [0.25, 0.3) is 5.95 Å². The Morgan fingerprint density at radius 2 is 1.84 bits per heavy atom. The van der Waals surface area contributed by atoms with Crippen LogP contribution in [0.15, 0.2) is 53.1 Å². The summed E-state index contributed by atoms with van der Waals surface area (Å²) in [5, 5.41) is 7.82. The van der Waals surface area contributed by atoms with Crippen LogP contribution >= 0.6 is 0 Å². The lowest BCUT2D eigenvalue weighted by atomic mass is 9.85. The summed E-state index contributed by atoms with van der Waals surface area (Å²) in [6, 6.07) is 11.5. The number of nitrogens with zero attached hydrogens (tertiary/aromatic N) is 4. The summed E-state index contributed by atoms with van der Waals surface area (Å²) < 4.78 is 20.5. The topological polar surface area (TPSA) is 85.8 Å². The third-order valence-electron chi connectivity index (χ3n) is 5.34. The highest BCUT2D eigenvalue weighted by atomic mass is 19.1. The number of hydrogen-bond donors (Lipinski definition) is 1. The minimum Gasteiger partial charge on any atom is -0.469 e. The molecular weight excluding hydrogens is 397 g/mol. The third kappa shape index (κ3) is 3.61. The highest BCUT2D eigenvalue weighted by Crippen LogP contribution is 2.37. The van der Waals surface area contributed by atoms with Crippen molar-refractivity contribution in [2.24, 2.45) is 0 Å². The lowest BCUT2D eigenvalue weighted by Crippen LogP contribution is -2.21. The van der Waals surface area contributed by atoms with Gasteiger partial charge in [0.1, 0.15) is 11.6 Å². The molecule has 31 heavy (non-hydrogen) atoms. The zero-order valence-corrected chi connectivity index (χ0v) is 17.1.